The first kappa shape index (κ1) is 10.9. The van der Waals surface area contributed by atoms with E-state index < -0.39 is 0 Å². The Morgan fingerprint density at radius 1 is 1.25 bits per heavy atom. The Morgan fingerprint density at radius 3 is 2.81 bits per heavy atom. The van der Waals surface area contributed by atoms with E-state index in [4.69, 9.17) is 0 Å². The predicted octanol–water partition coefficient (Wildman–Crippen LogP) is 3.11. The Labute approximate surface area is 95.5 Å². The molecule has 0 atom stereocenters. The Kier molecular flexibility index (Phi) is 3.09. The normalized spacial score (nSPS) is 10.9. The van der Waals surface area contributed by atoms with Gasteiger partial charge in [-0.25, -0.2) is 0 Å². The monoisotopic (exact) mass is 215 g/mol. The van der Waals surface area contributed by atoms with E-state index in [1.165, 1.54) is 5.56 Å². The third-order valence-electron chi connectivity index (χ3n) is 2.88. The molecule has 0 amide bonds. The van der Waals surface area contributed by atoms with Crippen molar-refractivity contribution in [3.05, 3.63) is 46.4 Å². The summed E-state index contributed by atoms with van der Waals surface area (Å²) in [5, 5.41) is 1.86. The van der Waals surface area contributed by atoms with E-state index in [9.17, 15) is 4.79 Å². The maximum absolute atomic E-state index is 12.1. The highest BCUT2D eigenvalue weighted by molar-refractivity contribution is 5.81. The van der Waals surface area contributed by atoms with Gasteiger partial charge >= 0.3 is 0 Å². The fourth-order valence-corrected chi connectivity index (χ4v) is 1.91. The lowest BCUT2D eigenvalue weighted by atomic mass is 10.1. The first-order valence-corrected chi connectivity index (χ1v) is 5.82. The quantitative estimate of drug-likeness (QED) is 0.771. The van der Waals surface area contributed by atoms with Gasteiger partial charge in [-0.05, 0) is 30.9 Å². The van der Waals surface area contributed by atoms with E-state index in [-0.39, 0.29) is 5.56 Å². The fourth-order valence-electron chi connectivity index (χ4n) is 1.91. The summed E-state index contributed by atoms with van der Waals surface area (Å²) in [5.74, 6) is 0. The zero-order chi connectivity index (χ0) is 11.5. The van der Waals surface area contributed by atoms with Gasteiger partial charge in [-0.1, -0.05) is 31.0 Å². The van der Waals surface area contributed by atoms with Crippen molar-refractivity contribution in [2.45, 2.75) is 33.2 Å². The van der Waals surface area contributed by atoms with Gasteiger partial charge < -0.3 is 4.57 Å². The minimum Gasteiger partial charge on any atom is -0.315 e. The van der Waals surface area contributed by atoms with Crippen LogP contribution < -0.4 is 5.56 Å². The second kappa shape index (κ2) is 4.52. The summed E-state index contributed by atoms with van der Waals surface area (Å²) in [6.45, 7) is 5.00. The largest absolute Gasteiger partial charge is 0.315 e. The van der Waals surface area contributed by atoms with Crippen molar-refractivity contribution in [2.24, 2.45) is 0 Å². The van der Waals surface area contributed by atoms with Crippen LogP contribution in [0.5, 0.6) is 0 Å². The van der Waals surface area contributed by atoms with Gasteiger partial charge in [0.15, 0.2) is 0 Å². The number of fused-ring (bicyclic) bond motifs is 1. The lowest BCUT2D eigenvalue weighted by Crippen LogP contribution is -2.19. The van der Waals surface area contributed by atoms with E-state index in [0.717, 1.165) is 30.2 Å². The standard InChI is InChI=1S/C14H17NO/c1-3-4-8-15-9-7-12-10-11(2)5-6-13(12)14(15)16/h5-7,9-10H,3-4,8H2,1-2H3. The van der Waals surface area contributed by atoms with Crippen LogP contribution in [0.4, 0.5) is 0 Å². The van der Waals surface area contributed by atoms with E-state index in [1.807, 2.05) is 31.3 Å². The number of unbranched alkanes of at least 4 members (excludes halogenated alkanes) is 1. The number of aryl methyl sites for hydroxylation is 2. The molecule has 0 aliphatic rings. The summed E-state index contributed by atoms with van der Waals surface area (Å²) in [7, 11) is 0. The smallest absolute Gasteiger partial charge is 0.258 e. The van der Waals surface area contributed by atoms with Crippen LogP contribution in [0, 0.1) is 6.92 Å². The highest BCUT2D eigenvalue weighted by Gasteiger charge is 2.01. The van der Waals surface area contributed by atoms with Crippen molar-refractivity contribution in [3.8, 4) is 0 Å². The zero-order valence-corrected chi connectivity index (χ0v) is 9.86. The first-order valence-electron chi connectivity index (χ1n) is 5.82. The van der Waals surface area contributed by atoms with E-state index in [1.54, 1.807) is 4.57 Å². The number of pyridine rings is 1. The Bertz CT molecular complexity index is 554. The number of rotatable bonds is 3. The third kappa shape index (κ3) is 2.01. The van der Waals surface area contributed by atoms with Gasteiger partial charge in [0.25, 0.3) is 5.56 Å². The van der Waals surface area contributed by atoms with Gasteiger partial charge in [0, 0.05) is 18.1 Å². The van der Waals surface area contributed by atoms with E-state index in [2.05, 4.69) is 13.0 Å². The van der Waals surface area contributed by atoms with Crippen LogP contribution in [0.3, 0.4) is 0 Å². The molecule has 2 aromatic rings. The molecule has 0 saturated heterocycles. The Morgan fingerprint density at radius 2 is 2.06 bits per heavy atom. The molecular weight excluding hydrogens is 198 g/mol. The zero-order valence-electron chi connectivity index (χ0n) is 9.86. The number of aromatic nitrogens is 1. The number of benzene rings is 1. The van der Waals surface area contributed by atoms with Crippen LogP contribution in [0.25, 0.3) is 10.8 Å². The molecule has 0 spiro atoms. The van der Waals surface area contributed by atoms with Crippen LogP contribution in [0.1, 0.15) is 25.3 Å². The molecule has 2 rings (SSSR count). The molecule has 1 aromatic carbocycles. The summed E-state index contributed by atoms with van der Waals surface area (Å²) < 4.78 is 1.81. The SMILES string of the molecule is CCCCn1ccc2cc(C)ccc2c1=O. The summed E-state index contributed by atoms with van der Waals surface area (Å²) in [4.78, 5) is 12.1. The van der Waals surface area contributed by atoms with Gasteiger partial charge in [0.05, 0.1) is 0 Å². The number of hydrogen-bond acceptors (Lipinski definition) is 1. The van der Waals surface area contributed by atoms with Crippen molar-refractivity contribution in [2.75, 3.05) is 0 Å². The van der Waals surface area contributed by atoms with Crippen molar-refractivity contribution < 1.29 is 0 Å². The van der Waals surface area contributed by atoms with Crippen LogP contribution in [-0.2, 0) is 6.54 Å². The van der Waals surface area contributed by atoms with E-state index >= 15 is 0 Å². The fraction of sp³-hybridized carbons (Fsp3) is 0.357. The molecule has 0 radical (unpaired) electrons. The minimum atomic E-state index is 0.131. The lowest BCUT2D eigenvalue weighted by Gasteiger charge is -2.06. The summed E-state index contributed by atoms with van der Waals surface area (Å²) in [5.41, 5.74) is 1.32. The molecule has 0 unspecified atom stereocenters. The molecule has 2 heteroatoms. The molecule has 0 fully saturated rings. The topological polar surface area (TPSA) is 22.0 Å². The van der Waals surface area contributed by atoms with E-state index in [0.29, 0.717) is 0 Å². The molecule has 1 aromatic heterocycles. The lowest BCUT2D eigenvalue weighted by molar-refractivity contribution is 0.617. The molecule has 16 heavy (non-hydrogen) atoms. The summed E-state index contributed by atoms with van der Waals surface area (Å²) >= 11 is 0. The highest BCUT2D eigenvalue weighted by atomic mass is 16.1. The molecule has 0 bridgehead atoms. The molecule has 0 aliphatic carbocycles. The molecule has 84 valence electrons. The van der Waals surface area contributed by atoms with Gasteiger partial charge in [-0.2, -0.15) is 0 Å². The van der Waals surface area contributed by atoms with Crippen molar-refractivity contribution in [3.63, 3.8) is 0 Å². The van der Waals surface area contributed by atoms with Crippen molar-refractivity contribution in [1.82, 2.24) is 4.57 Å². The minimum absolute atomic E-state index is 0.131. The summed E-state index contributed by atoms with van der Waals surface area (Å²) in [6.07, 6.45) is 4.06. The predicted molar refractivity (Wildman–Crippen MR) is 67.9 cm³/mol. The Hall–Kier alpha value is -1.57. The molecule has 1 heterocycles. The molecule has 0 aliphatic heterocycles. The molecule has 0 saturated carbocycles. The second-order valence-electron chi connectivity index (χ2n) is 4.26. The maximum atomic E-state index is 12.1. The molecule has 0 N–H and O–H groups in total. The summed E-state index contributed by atoms with van der Waals surface area (Å²) in [6, 6.07) is 8.00. The van der Waals surface area contributed by atoms with Gasteiger partial charge in [-0.3, -0.25) is 4.79 Å². The molecule has 2 nitrogen and oxygen atoms in total. The van der Waals surface area contributed by atoms with Gasteiger partial charge in [-0.15, -0.1) is 0 Å². The number of hydrogen-bond donors (Lipinski definition) is 0. The van der Waals surface area contributed by atoms with Crippen LogP contribution in [-0.4, -0.2) is 4.57 Å². The van der Waals surface area contributed by atoms with Crippen LogP contribution >= 0.6 is 0 Å². The van der Waals surface area contributed by atoms with Crippen LogP contribution in [0.15, 0.2) is 35.3 Å². The molecular formula is C14H17NO. The van der Waals surface area contributed by atoms with Crippen molar-refractivity contribution >= 4 is 10.8 Å². The first-order chi connectivity index (χ1) is 7.72. The second-order valence-corrected chi connectivity index (χ2v) is 4.26. The Balaban J connectivity index is 2.53. The van der Waals surface area contributed by atoms with Crippen LogP contribution in [0.2, 0.25) is 0 Å². The van der Waals surface area contributed by atoms with Gasteiger partial charge in [0.1, 0.15) is 0 Å². The maximum Gasteiger partial charge on any atom is 0.258 e. The average molecular weight is 215 g/mol. The van der Waals surface area contributed by atoms with Gasteiger partial charge in [0.2, 0.25) is 0 Å². The third-order valence-corrected chi connectivity index (χ3v) is 2.88. The average Bonchev–Trinajstić information content (AvgIpc) is 2.28. The number of nitrogens with zero attached hydrogens (tertiary/aromatic N) is 1. The van der Waals surface area contributed by atoms with Crippen molar-refractivity contribution in [1.29, 1.82) is 0 Å². The highest BCUT2D eigenvalue weighted by Crippen LogP contribution is 2.11.